The maximum absolute atomic E-state index is 12.1. The summed E-state index contributed by atoms with van der Waals surface area (Å²) < 4.78 is 6.44. The zero-order valence-corrected chi connectivity index (χ0v) is 14.9. The van der Waals surface area contributed by atoms with E-state index in [-0.39, 0.29) is 11.3 Å². The average molecular weight is 378 g/mol. The second-order valence-electron chi connectivity index (χ2n) is 5.87. The Morgan fingerprint density at radius 1 is 1.30 bits per heavy atom. The number of ether oxygens (including phenoxy) is 1. The van der Waals surface area contributed by atoms with Crippen LogP contribution in [0.3, 0.4) is 0 Å². The van der Waals surface area contributed by atoms with Gasteiger partial charge in [-0.05, 0) is 23.8 Å². The Morgan fingerprint density at radius 3 is 2.93 bits per heavy atom. The molecule has 3 aromatic heterocycles. The first-order chi connectivity index (χ1) is 13.1. The summed E-state index contributed by atoms with van der Waals surface area (Å²) in [5.41, 5.74) is 2.72. The van der Waals surface area contributed by atoms with Gasteiger partial charge in [-0.15, -0.1) is 0 Å². The lowest BCUT2D eigenvalue weighted by molar-refractivity contribution is 0.0595. The van der Waals surface area contributed by atoms with Gasteiger partial charge >= 0.3 is 5.97 Å². The van der Waals surface area contributed by atoms with Crippen LogP contribution in [0.25, 0.3) is 21.8 Å². The molecule has 4 rings (SSSR count). The summed E-state index contributed by atoms with van der Waals surface area (Å²) in [7, 11) is 1.28. The van der Waals surface area contributed by atoms with Gasteiger partial charge in [0, 0.05) is 17.8 Å². The third kappa shape index (κ3) is 2.96. The molecule has 0 atom stereocenters. The number of hydrogen-bond acceptors (Lipinski definition) is 6. The number of nitriles is 1. The average Bonchev–Trinajstić information content (AvgIpc) is 3.05. The molecule has 8 heteroatoms. The largest absolute Gasteiger partial charge is 0.464 e. The lowest BCUT2D eigenvalue weighted by Crippen LogP contribution is -2.06. The molecule has 0 N–H and O–H groups in total. The van der Waals surface area contributed by atoms with Gasteiger partial charge in [0.1, 0.15) is 6.07 Å². The van der Waals surface area contributed by atoms with Crippen LogP contribution in [0.1, 0.15) is 21.6 Å². The zero-order valence-electron chi connectivity index (χ0n) is 14.2. The number of rotatable bonds is 3. The van der Waals surface area contributed by atoms with E-state index in [1.807, 2.05) is 24.3 Å². The minimum Gasteiger partial charge on any atom is -0.464 e. The fourth-order valence-electron chi connectivity index (χ4n) is 2.99. The Balaban J connectivity index is 1.85. The Hall–Kier alpha value is -3.50. The standard InChI is InChI=1S/C19H12ClN5O2/c1-27-19(26)18-17-13(6-21)7-22-9-16(17)25(24-18)10-11-2-3-15-12(4-11)5-14(20)8-23-15/h2-5,7-9H,10H2,1H3. The minimum absolute atomic E-state index is 0.0944. The summed E-state index contributed by atoms with van der Waals surface area (Å²) >= 11 is 6.03. The number of aromatic nitrogens is 4. The van der Waals surface area contributed by atoms with Gasteiger partial charge in [0.2, 0.25) is 0 Å². The molecular formula is C19H12ClN5O2. The predicted octanol–water partition coefficient (Wildman–Crippen LogP) is 3.34. The van der Waals surface area contributed by atoms with Crippen LogP contribution in [-0.2, 0) is 11.3 Å². The van der Waals surface area contributed by atoms with Gasteiger partial charge in [0.25, 0.3) is 0 Å². The zero-order chi connectivity index (χ0) is 19.0. The van der Waals surface area contributed by atoms with Gasteiger partial charge in [0.05, 0.1) is 46.9 Å². The number of fused-ring (bicyclic) bond motifs is 2. The number of benzene rings is 1. The van der Waals surface area contributed by atoms with Crippen molar-refractivity contribution in [2.24, 2.45) is 0 Å². The van der Waals surface area contributed by atoms with Crippen LogP contribution in [0.15, 0.2) is 42.9 Å². The van der Waals surface area contributed by atoms with Crippen molar-refractivity contribution in [3.63, 3.8) is 0 Å². The lowest BCUT2D eigenvalue weighted by Gasteiger charge is -2.06. The Kier molecular flexibility index (Phi) is 4.18. The maximum Gasteiger partial charge on any atom is 0.359 e. The monoisotopic (exact) mass is 377 g/mol. The Morgan fingerprint density at radius 2 is 2.15 bits per heavy atom. The van der Waals surface area contributed by atoms with Crippen LogP contribution in [0, 0.1) is 11.3 Å². The molecule has 0 unspecified atom stereocenters. The van der Waals surface area contributed by atoms with Crippen LogP contribution in [-0.4, -0.2) is 32.8 Å². The molecule has 3 heterocycles. The van der Waals surface area contributed by atoms with Crippen molar-refractivity contribution in [1.29, 1.82) is 5.26 Å². The first-order valence-corrected chi connectivity index (χ1v) is 8.35. The van der Waals surface area contributed by atoms with Gasteiger partial charge in [-0.3, -0.25) is 14.6 Å². The van der Waals surface area contributed by atoms with E-state index < -0.39 is 5.97 Å². The molecule has 0 saturated carbocycles. The van der Waals surface area contributed by atoms with Gasteiger partial charge in [-0.1, -0.05) is 17.7 Å². The number of pyridine rings is 2. The van der Waals surface area contributed by atoms with Crippen molar-refractivity contribution in [3.8, 4) is 6.07 Å². The summed E-state index contributed by atoms with van der Waals surface area (Å²) in [6.45, 7) is 0.381. The summed E-state index contributed by atoms with van der Waals surface area (Å²) in [5, 5.41) is 15.6. The first kappa shape index (κ1) is 16.9. The van der Waals surface area contributed by atoms with Crippen LogP contribution in [0.5, 0.6) is 0 Å². The maximum atomic E-state index is 12.1. The molecule has 7 nitrogen and oxygen atoms in total. The number of methoxy groups -OCH3 is 1. The van der Waals surface area contributed by atoms with Gasteiger partial charge in [0.15, 0.2) is 5.69 Å². The molecule has 1 aromatic carbocycles. The molecule has 0 fully saturated rings. The third-order valence-electron chi connectivity index (χ3n) is 4.21. The van der Waals surface area contributed by atoms with Crippen LogP contribution < -0.4 is 0 Å². The topological polar surface area (TPSA) is 93.7 Å². The molecule has 0 aliphatic heterocycles. The SMILES string of the molecule is COC(=O)c1nn(Cc2ccc3ncc(Cl)cc3c2)c2cncc(C#N)c12. The van der Waals surface area contributed by atoms with Crippen molar-refractivity contribution in [3.05, 3.63) is 64.7 Å². The van der Waals surface area contributed by atoms with E-state index in [4.69, 9.17) is 16.3 Å². The molecular weight excluding hydrogens is 366 g/mol. The molecule has 0 spiro atoms. The normalized spacial score (nSPS) is 10.9. The number of carbonyl (C=O) groups is 1. The van der Waals surface area contributed by atoms with E-state index in [0.717, 1.165) is 16.5 Å². The van der Waals surface area contributed by atoms with Gasteiger partial charge in [-0.25, -0.2) is 4.79 Å². The smallest absolute Gasteiger partial charge is 0.359 e. The summed E-state index contributed by atoms with van der Waals surface area (Å²) in [5.74, 6) is -0.601. The predicted molar refractivity (Wildman–Crippen MR) is 99.4 cm³/mol. The molecule has 4 aromatic rings. The highest BCUT2D eigenvalue weighted by atomic mass is 35.5. The summed E-state index contributed by atoms with van der Waals surface area (Å²) in [4.78, 5) is 20.5. The summed E-state index contributed by atoms with van der Waals surface area (Å²) in [6.07, 6.45) is 4.59. The minimum atomic E-state index is -0.601. The first-order valence-electron chi connectivity index (χ1n) is 7.98. The van der Waals surface area contributed by atoms with E-state index in [0.29, 0.717) is 22.5 Å². The van der Waals surface area contributed by atoms with Crippen molar-refractivity contribution < 1.29 is 9.53 Å². The van der Waals surface area contributed by atoms with Crippen LogP contribution >= 0.6 is 11.6 Å². The highest BCUT2D eigenvalue weighted by molar-refractivity contribution is 6.31. The molecule has 0 aliphatic carbocycles. The third-order valence-corrected chi connectivity index (χ3v) is 4.41. The van der Waals surface area contributed by atoms with Crippen molar-refractivity contribution in [1.82, 2.24) is 19.7 Å². The number of hydrogen-bond donors (Lipinski definition) is 0. The van der Waals surface area contributed by atoms with E-state index in [2.05, 4.69) is 21.1 Å². The number of nitrogens with zero attached hydrogens (tertiary/aromatic N) is 5. The van der Waals surface area contributed by atoms with Crippen molar-refractivity contribution in [2.45, 2.75) is 6.54 Å². The molecule has 0 bridgehead atoms. The van der Waals surface area contributed by atoms with Gasteiger partial charge < -0.3 is 4.74 Å². The Labute approximate surface area is 158 Å². The van der Waals surface area contributed by atoms with Crippen LogP contribution in [0.4, 0.5) is 0 Å². The van der Waals surface area contributed by atoms with E-state index in [9.17, 15) is 10.1 Å². The van der Waals surface area contributed by atoms with Gasteiger partial charge in [-0.2, -0.15) is 10.4 Å². The molecule has 0 radical (unpaired) electrons. The van der Waals surface area contributed by atoms with E-state index >= 15 is 0 Å². The molecule has 0 amide bonds. The number of esters is 1. The number of carbonyl (C=O) groups excluding carboxylic acids is 1. The van der Waals surface area contributed by atoms with E-state index in [1.165, 1.54) is 13.3 Å². The van der Waals surface area contributed by atoms with Crippen molar-refractivity contribution >= 4 is 39.4 Å². The number of halogens is 1. The second-order valence-corrected chi connectivity index (χ2v) is 6.31. The molecule has 0 saturated heterocycles. The van der Waals surface area contributed by atoms with Crippen molar-refractivity contribution in [2.75, 3.05) is 7.11 Å². The molecule has 132 valence electrons. The molecule has 0 aliphatic rings. The fourth-order valence-corrected chi connectivity index (χ4v) is 3.16. The highest BCUT2D eigenvalue weighted by Crippen LogP contribution is 2.24. The molecule has 27 heavy (non-hydrogen) atoms. The quantitative estimate of drug-likeness (QED) is 0.508. The fraction of sp³-hybridized carbons (Fsp3) is 0.105. The van der Waals surface area contributed by atoms with Crippen LogP contribution in [0.2, 0.25) is 5.02 Å². The Bertz CT molecular complexity index is 1240. The summed E-state index contributed by atoms with van der Waals surface area (Å²) in [6, 6.07) is 9.67. The highest BCUT2D eigenvalue weighted by Gasteiger charge is 2.21. The lowest BCUT2D eigenvalue weighted by atomic mass is 10.1. The van der Waals surface area contributed by atoms with E-state index in [1.54, 1.807) is 17.1 Å². The second kappa shape index (κ2) is 6.67.